The van der Waals surface area contributed by atoms with E-state index < -0.39 is 0 Å². The number of ether oxygens (including phenoxy) is 1. The summed E-state index contributed by atoms with van der Waals surface area (Å²) in [6, 6.07) is 0. The summed E-state index contributed by atoms with van der Waals surface area (Å²) in [5.41, 5.74) is 2.46. The summed E-state index contributed by atoms with van der Waals surface area (Å²) >= 11 is 1.47. The lowest BCUT2D eigenvalue weighted by Crippen LogP contribution is -2.27. The van der Waals surface area contributed by atoms with Gasteiger partial charge in [0, 0.05) is 25.0 Å². The van der Waals surface area contributed by atoms with Gasteiger partial charge in [0.1, 0.15) is 0 Å². The quantitative estimate of drug-likeness (QED) is 0.580. The van der Waals surface area contributed by atoms with E-state index in [0.29, 0.717) is 13.2 Å². The molecule has 0 radical (unpaired) electrons. The summed E-state index contributed by atoms with van der Waals surface area (Å²) in [5, 5.41) is 1.85. The minimum Gasteiger partial charge on any atom is -0.466 e. The van der Waals surface area contributed by atoms with Crippen LogP contribution in [0.3, 0.4) is 0 Å². The van der Waals surface area contributed by atoms with E-state index in [1.54, 1.807) is 25.6 Å². The predicted octanol–water partition coefficient (Wildman–Crippen LogP) is 1.57. The highest BCUT2D eigenvalue weighted by molar-refractivity contribution is 7.07. The third-order valence-corrected chi connectivity index (χ3v) is 2.79. The van der Waals surface area contributed by atoms with Crippen LogP contribution >= 0.6 is 11.3 Å². The SMILES string of the molecule is CCOC(=O)CCN(C)C(=O)/C=C\c1cscn1. The first-order valence-corrected chi connectivity index (χ1v) is 6.54. The number of esters is 1. The van der Waals surface area contributed by atoms with Crippen molar-refractivity contribution < 1.29 is 14.3 Å². The number of hydrogen-bond acceptors (Lipinski definition) is 5. The molecule has 0 aliphatic carbocycles. The molecule has 0 aliphatic rings. The molecule has 0 spiro atoms. The fourth-order valence-corrected chi connectivity index (χ4v) is 1.71. The van der Waals surface area contributed by atoms with E-state index in [-0.39, 0.29) is 18.3 Å². The maximum atomic E-state index is 11.7. The van der Waals surface area contributed by atoms with Crippen molar-refractivity contribution in [1.29, 1.82) is 0 Å². The van der Waals surface area contributed by atoms with Gasteiger partial charge in [0.05, 0.1) is 24.2 Å². The van der Waals surface area contributed by atoms with Crippen LogP contribution in [0.5, 0.6) is 0 Å². The molecule has 0 N–H and O–H groups in total. The lowest BCUT2D eigenvalue weighted by Gasteiger charge is -2.14. The molecule has 0 unspecified atom stereocenters. The standard InChI is InChI=1S/C12H16N2O3S/c1-3-17-12(16)6-7-14(2)11(15)5-4-10-8-18-9-13-10/h4-5,8-9H,3,6-7H2,1-2H3/b5-4-. The van der Waals surface area contributed by atoms with E-state index in [2.05, 4.69) is 4.98 Å². The van der Waals surface area contributed by atoms with Crippen LogP contribution in [-0.2, 0) is 14.3 Å². The molecule has 1 aromatic heterocycles. The first-order chi connectivity index (χ1) is 8.63. The molecular weight excluding hydrogens is 252 g/mol. The number of carbonyl (C=O) groups is 2. The maximum absolute atomic E-state index is 11.7. The molecule has 0 fully saturated rings. The topological polar surface area (TPSA) is 59.5 Å². The Kier molecular flexibility index (Phi) is 6.07. The molecule has 6 heteroatoms. The van der Waals surface area contributed by atoms with Gasteiger partial charge in [-0.3, -0.25) is 9.59 Å². The average Bonchev–Trinajstić information content (AvgIpc) is 2.86. The Labute approximate surface area is 110 Å². The van der Waals surface area contributed by atoms with E-state index in [1.807, 2.05) is 5.38 Å². The Hall–Kier alpha value is -1.69. The summed E-state index contributed by atoms with van der Waals surface area (Å²) in [6.45, 7) is 2.46. The molecule has 0 saturated heterocycles. The third kappa shape index (κ3) is 5.09. The second kappa shape index (κ2) is 7.60. The molecule has 0 aromatic carbocycles. The van der Waals surface area contributed by atoms with E-state index in [0.717, 1.165) is 5.69 Å². The Balaban J connectivity index is 2.35. The zero-order valence-corrected chi connectivity index (χ0v) is 11.3. The maximum Gasteiger partial charge on any atom is 0.307 e. The van der Waals surface area contributed by atoms with Gasteiger partial charge in [-0.05, 0) is 13.0 Å². The van der Waals surface area contributed by atoms with Gasteiger partial charge in [-0.15, -0.1) is 11.3 Å². The second-order valence-corrected chi connectivity index (χ2v) is 4.28. The first kappa shape index (κ1) is 14.4. The monoisotopic (exact) mass is 268 g/mol. The number of nitrogens with zero attached hydrogens (tertiary/aromatic N) is 2. The van der Waals surface area contributed by atoms with Crippen LogP contribution < -0.4 is 0 Å². The largest absolute Gasteiger partial charge is 0.466 e. The van der Waals surface area contributed by atoms with E-state index in [1.165, 1.54) is 22.3 Å². The highest BCUT2D eigenvalue weighted by atomic mass is 32.1. The fraction of sp³-hybridized carbons (Fsp3) is 0.417. The average molecular weight is 268 g/mol. The minimum absolute atomic E-state index is 0.160. The smallest absolute Gasteiger partial charge is 0.307 e. The molecule has 0 saturated carbocycles. The number of thiazole rings is 1. The van der Waals surface area contributed by atoms with Crippen molar-refractivity contribution in [3.63, 3.8) is 0 Å². The summed E-state index contributed by atoms with van der Waals surface area (Å²) in [4.78, 5) is 28.3. The molecule has 1 rings (SSSR count). The molecule has 1 heterocycles. The van der Waals surface area contributed by atoms with Crippen molar-refractivity contribution in [1.82, 2.24) is 9.88 Å². The van der Waals surface area contributed by atoms with Crippen LogP contribution in [0.25, 0.3) is 6.08 Å². The second-order valence-electron chi connectivity index (χ2n) is 3.56. The molecule has 0 atom stereocenters. The van der Waals surface area contributed by atoms with E-state index in [9.17, 15) is 9.59 Å². The number of rotatable bonds is 6. The first-order valence-electron chi connectivity index (χ1n) is 5.60. The summed E-state index contributed by atoms with van der Waals surface area (Å²) in [6.07, 6.45) is 3.31. The lowest BCUT2D eigenvalue weighted by atomic mass is 10.3. The van der Waals surface area contributed by atoms with Gasteiger partial charge in [-0.2, -0.15) is 0 Å². The third-order valence-electron chi connectivity index (χ3n) is 2.18. The van der Waals surface area contributed by atoms with Gasteiger partial charge in [-0.25, -0.2) is 4.98 Å². The Morgan fingerprint density at radius 2 is 2.33 bits per heavy atom. The van der Waals surface area contributed by atoms with Crippen molar-refractivity contribution in [3.8, 4) is 0 Å². The Morgan fingerprint density at radius 1 is 1.56 bits per heavy atom. The zero-order chi connectivity index (χ0) is 13.4. The Bertz CT molecular complexity index is 415. The molecule has 1 amide bonds. The predicted molar refractivity (Wildman–Crippen MR) is 70.0 cm³/mol. The van der Waals surface area contributed by atoms with Gasteiger partial charge in [0.2, 0.25) is 5.91 Å². The van der Waals surface area contributed by atoms with Crippen molar-refractivity contribution >= 4 is 29.3 Å². The summed E-state index contributed by atoms with van der Waals surface area (Å²) in [5.74, 6) is -0.451. The van der Waals surface area contributed by atoms with Gasteiger partial charge >= 0.3 is 5.97 Å². The fourth-order valence-electron chi connectivity index (χ4n) is 1.19. The number of hydrogen-bond donors (Lipinski definition) is 0. The number of amides is 1. The highest BCUT2D eigenvalue weighted by Gasteiger charge is 2.08. The number of likely N-dealkylation sites (N-methyl/N-ethyl adjacent to an activating group) is 1. The van der Waals surface area contributed by atoms with Crippen molar-refractivity contribution in [2.75, 3.05) is 20.2 Å². The lowest BCUT2D eigenvalue weighted by molar-refractivity contribution is -0.143. The van der Waals surface area contributed by atoms with Gasteiger partial charge in [0.25, 0.3) is 0 Å². The molecule has 1 aromatic rings. The molecule has 18 heavy (non-hydrogen) atoms. The zero-order valence-electron chi connectivity index (χ0n) is 10.5. The Morgan fingerprint density at radius 3 is 2.94 bits per heavy atom. The van der Waals surface area contributed by atoms with Crippen LogP contribution in [0.15, 0.2) is 17.0 Å². The number of carbonyl (C=O) groups excluding carboxylic acids is 2. The number of aromatic nitrogens is 1. The van der Waals surface area contributed by atoms with Crippen LogP contribution in [0, 0.1) is 0 Å². The van der Waals surface area contributed by atoms with Crippen LogP contribution in [0.2, 0.25) is 0 Å². The molecule has 0 bridgehead atoms. The minimum atomic E-state index is -0.291. The van der Waals surface area contributed by atoms with Crippen molar-refractivity contribution in [2.24, 2.45) is 0 Å². The van der Waals surface area contributed by atoms with Crippen LogP contribution in [-0.4, -0.2) is 42.0 Å². The van der Waals surface area contributed by atoms with Crippen molar-refractivity contribution in [2.45, 2.75) is 13.3 Å². The van der Waals surface area contributed by atoms with Gasteiger partial charge in [-0.1, -0.05) is 0 Å². The van der Waals surface area contributed by atoms with Crippen molar-refractivity contribution in [3.05, 3.63) is 22.7 Å². The van der Waals surface area contributed by atoms with Crippen LogP contribution in [0.1, 0.15) is 19.0 Å². The summed E-state index contributed by atoms with van der Waals surface area (Å²) < 4.78 is 4.79. The van der Waals surface area contributed by atoms with E-state index >= 15 is 0 Å². The van der Waals surface area contributed by atoms with E-state index in [4.69, 9.17) is 4.74 Å². The molecule has 0 aliphatic heterocycles. The van der Waals surface area contributed by atoms with Crippen LogP contribution in [0.4, 0.5) is 0 Å². The molecule has 98 valence electrons. The molecule has 5 nitrogen and oxygen atoms in total. The summed E-state index contributed by atoms with van der Waals surface area (Å²) in [7, 11) is 1.65. The molecular formula is C12H16N2O3S. The normalized spacial score (nSPS) is 10.6. The van der Waals surface area contributed by atoms with Gasteiger partial charge in [0.15, 0.2) is 0 Å². The van der Waals surface area contributed by atoms with Gasteiger partial charge < -0.3 is 9.64 Å². The highest BCUT2D eigenvalue weighted by Crippen LogP contribution is 2.03.